The molecule has 0 amide bonds. The van der Waals surface area contributed by atoms with Gasteiger partial charge in [-0.15, -0.1) is 0 Å². The van der Waals surface area contributed by atoms with Crippen LogP contribution in [0.4, 0.5) is 10.1 Å². The van der Waals surface area contributed by atoms with Crippen molar-refractivity contribution in [3.63, 3.8) is 0 Å². The van der Waals surface area contributed by atoms with E-state index in [9.17, 15) is 4.39 Å². The van der Waals surface area contributed by atoms with Gasteiger partial charge in [0, 0.05) is 42.7 Å². The van der Waals surface area contributed by atoms with Gasteiger partial charge in [-0.3, -0.25) is 9.97 Å². The molecule has 31 heavy (non-hydrogen) atoms. The van der Waals surface area contributed by atoms with Gasteiger partial charge in [0.15, 0.2) is 5.11 Å². The van der Waals surface area contributed by atoms with E-state index in [2.05, 4.69) is 38.2 Å². The van der Waals surface area contributed by atoms with Crippen LogP contribution in [0.25, 0.3) is 0 Å². The van der Waals surface area contributed by atoms with Crippen molar-refractivity contribution in [2.45, 2.75) is 18.6 Å². The van der Waals surface area contributed by atoms with Gasteiger partial charge >= 0.3 is 0 Å². The fourth-order valence-electron chi connectivity index (χ4n) is 4.06. The van der Waals surface area contributed by atoms with Crippen molar-refractivity contribution in [1.82, 2.24) is 19.9 Å². The monoisotopic (exact) mass is 429 g/mol. The normalized spacial score (nSPS) is 18.2. The minimum Gasteiger partial charge on any atom is -0.351 e. The Balaban J connectivity index is 1.60. The van der Waals surface area contributed by atoms with Crippen LogP contribution in [0.15, 0.2) is 91.5 Å². The van der Waals surface area contributed by atoms with Crippen molar-refractivity contribution >= 4 is 23.0 Å². The lowest BCUT2D eigenvalue weighted by molar-refractivity contribution is 0.533. The van der Waals surface area contributed by atoms with Crippen molar-refractivity contribution in [2.24, 2.45) is 0 Å². The summed E-state index contributed by atoms with van der Waals surface area (Å²) < 4.78 is 15.8. The van der Waals surface area contributed by atoms with E-state index in [4.69, 9.17) is 12.2 Å². The first-order valence-electron chi connectivity index (χ1n) is 10.0. The zero-order valence-electron chi connectivity index (χ0n) is 16.6. The number of benzene rings is 1. The summed E-state index contributed by atoms with van der Waals surface area (Å²) in [7, 11) is 0. The lowest BCUT2D eigenvalue weighted by atomic mass is 10.0. The summed E-state index contributed by atoms with van der Waals surface area (Å²) >= 11 is 5.73. The fraction of sp³-hybridized carbons (Fsp3) is 0.125. The molecule has 0 bridgehead atoms. The zero-order valence-corrected chi connectivity index (χ0v) is 17.4. The molecule has 0 radical (unpaired) electrons. The largest absolute Gasteiger partial charge is 0.351 e. The Labute approximate surface area is 185 Å². The molecule has 1 aliphatic heterocycles. The summed E-state index contributed by atoms with van der Waals surface area (Å²) in [6.45, 7) is 0.686. The molecule has 1 aromatic carbocycles. The lowest BCUT2D eigenvalue weighted by Crippen LogP contribution is -2.30. The van der Waals surface area contributed by atoms with Crippen molar-refractivity contribution in [3.8, 4) is 0 Å². The lowest BCUT2D eigenvalue weighted by Gasteiger charge is -2.29. The Bertz CT molecular complexity index is 1180. The second kappa shape index (κ2) is 8.28. The van der Waals surface area contributed by atoms with E-state index in [-0.39, 0.29) is 17.9 Å². The highest BCUT2D eigenvalue weighted by molar-refractivity contribution is 7.80. The van der Waals surface area contributed by atoms with Gasteiger partial charge in [0.1, 0.15) is 11.9 Å². The van der Waals surface area contributed by atoms with Crippen LogP contribution in [-0.4, -0.2) is 19.6 Å². The second-order valence-corrected chi connectivity index (χ2v) is 7.78. The van der Waals surface area contributed by atoms with Gasteiger partial charge in [-0.2, -0.15) is 0 Å². The highest BCUT2D eigenvalue weighted by Crippen LogP contribution is 2.41. The maximum absolute atomic E-state index is 13.6. The Kier molecular flexibility index (Phi) is 5.18. The molecule has 0 unspecified atom stereocenters. The van der Waals surface area contributed by atoms with Gasteiger partial charge in [0.25, 0.3) is 0 Å². The summed E-state index contributed by atoms with van der Waals surface area (Å²) in [6.07, 6.45) is 7.48. The Hall–Kier alpha value is -3.58. The molecule has 1 aliphatic rings. The number of rotatable bonds is 5. The predicted molar refractivity (Wildman–Crippen MR) is 122 cm³/mol. The number of hydrogen-bond donors (Lipinski definition) is 1. The Morgan fingerprint density at radius 2 is 1.84 bits per heavy atom. The molecule has 1 saturated heterocycles. The SMILES string of the molecule is Fc1ccc(N2C(=S)N[C@@H](c3ccccn3)[C@@H]2c2cccn2Cc2cccnc2)cc1. The number of nitrogens with one attached hydrogen (secondary N) is 1. The van der Waals surface area contributed by atoms with E-state index in [1.807, 2.05) is 41.4 Å². The van der Waals surface area contributed by atoms with Crippen LogP contribution in [0.1, 0.15) is 29.0 Å². The predicted octanol–water partition coefficient (Wildman–Crippen LogP) is 4.64. The minimum atomic E-state index is -0.278. The Morgan fingerprint density at radius 3 is 2.58 bits per heavy atom. The fourth-order valence-corrected chi connectivity index (χ4v) is 4.41. The average Bonchev–Trinajstić information content (AvgIpc) is 3.39. The molecule has 0 spiro atoms. The summed E-state index contributed by atoms with van der Waals surface area (Å²) in [5, 5.41) is 4.02. The maximum Gasteiger partial charge on any atom is 0.174 e. The summed E-state index contributed by atoms with van der Waals surface area (Å²) in [4.78, 5) is 10.9. The highest BCUT2D eigenvalue weighted by Gasteiger charge is 2.42. The molecule has 154 valence electrons. The van der Waals surface area contributed by atoms with Crippen molar-refractivity contribution in [1.29, 1.82) is 0 Å². The molecule has 5 rings (SSSR count). The number of anilines is 1. The average molecular weight is 430 g/mol. The minimum absolute atomic E-state index is 0.152. The van der Waals surface area contributed by atoms with Gasteiger partial charge in [0.05, 0.1) is 11.7 Å². The molecular formula is C24H20FN5S. The second-order valence-electron chi connectivity index (χ2n) is 7.40. The third-order valence-corrected chi connectivity index (χ3v) is 5.76. The van der Waals surface area contributed by atoms with Crippen LogP contribution >= 0.6 is 12.2 Å². The van der Waals surface area contributed by atoms with Crippen LogP contribution in [0.2, 0.25) is 0 Å². The van der Waals surface area contributed by atoms with E-state index in [1.165, 1.54) is 12.1 Å². The quantitative estimate of drug-likeness (QED) is 0.468. The molecule has 3 aromatic heterocycles. The van der Waals surface area contributed by atoms with Crippen LogP contribution in [-0.2, 0) is 6.54 Å². The van der Waals surface area contributed by atoms with E-state index >= 15 is 0 Å². The molecular weight excluding hydrogens is 409 g/mol. The van der Waals surface area contributed by atoms with Gasteiger partial charge in [-0.25, -0.2) is 4.39 Å². The van der Waals surface area contributed by atoms with Crippen molar-refractivity contribution in [3.05, 3.63) is 114 Å². The van der Waals surface area contributed by atoms with Crippen LogP contribution in [0, 0.1) is 5.82 Å². The molecule has 7 heteroatoms. The Morgan fingerprint density at radius 1 is 0.968 bits per heavy atom. The van der Waals surface area contributed by atoms with E-state index in [0.29, 0.717) is 11.7 Å². The first-order chi connectivity index (χ1) is 15.2. The molecule has 0 aliphatic carbocycles. The van der Waals surface area contributed by atoms with E-state index < -0.39 is 0 Å². The van der Waals surface area contributed by atoms with Crippen molar-refractivity contribution < 1.29 is 4.39 Å². The number of nitrogens with zero attached hydrogens (tertiary/aromatic N) is 4. The summed E-state index contributed by atoms with van der Waals surface area (Å²) in [5.74, 6) is -0.278. The molecule has 5 nitrogen and oxygen atoms in total. The number of aromatic nitrogens is 3. The topological polar surface area (TPSA) is 46.0 Å². The van der Waals surface area contributed by atoms with Crippen LogP contribution in [0.5, 0.6) is 0 Å². The van der Waals surface area contributed by atoms with Gasteiger partial charge in [0.2, 0.25) is 0 Å². The summed E-state index contributed by atoms with van der Waals surface area (Å²) in [5.41, 5.74) is 3.91. The smallest absolute Gasteiger partial charge is 0.174 e. The first-order valence-corrected chi connectivity index (χ1v) is 10.4. The number of halogens is 1. The zero-order chi connectivity index (χ0) is 21.2. The molecule has 1 fully saturated rings. The molecule has 4 heterocycles. The van der Waals surface area contributed by atoms with Gasteiger partial charge in [-0.05, 0) is 72.4 Å². The van der Waals surface area contributed by atoms with E-state index in [0.717, 1.165) is 22.6 Å². The molecule has 2 atom stereocenters. The molecule has 1 N–H and O–H groups in total. The third kappa shape index (κ3) is 3.80. The van der Waals surface area contributed by atoms with Gasteiger partial charge < -0.3 is 14.8 Å². The van der Waals surface area contributed by atoms with Gasteiger partial charge in [-0.1, -0.05) is 12.1 Å². The number of pyridine rings is 2. The number of thiocarbonyl (C=S) groups is 1. The standard InChI is InChI=1S/C24H20FN5S/c25-18-8-10-19(11-9-18)30-23(22(28-24(30)31)20-6-1-2-13-27-20)21-7-4-14-29(21)16-17-5-3-12-26-15-17/h1-15,22-23H,16H2,(H,28,31)/t22-,23-/m0/s1. The first kappa shape index (κ1) is 19.4. The number of hydrogen-bond acceptors (Lipinski definition) is 3. The van der Waals surface area contributed by atoms with Crippen molar-refractivity contribution in [2.75, 3.05) is 4.90 Å². The van der Waals surface area contributed by atoms with Crippen LogP contribution < -0.4 is 10.2 Å². The maximum atomic E-state index is 13.6. The van der Waals surface area contributed by atoms with Crippen LogP contribution in [0.3, 0.4) is 0 Å². The highest BCUT2D eigenvalue weighted by atomic mass is 32.1. The third-order valence-electron chi connectivity index (χ3n) is 5.45. The molecule has 0 saturated carbocycles. The molecule has 4 aromatic rings. The van der Waals surface area contributed by atoms with E-state index in [1.54, 1.807) is 24.5 Å². The summed E-state index contributed by atoms with van der Waals surface area (Å²) in [6, 6.07) is 20.1.